The minimum atomic E-state index is -0.589. The van der Waals surface area contributed by atoms with E-state index in [1.165, 1.54) is 12.1 Å². The molecular formula is C16H18FN5O2. The number of nitrogens with zero attached hydrogens (tertiary/aromatic N) is 5. The summed E-state index contributed by atoms with van der Waals surface area (Å²) in [5.41, 5.74) is 0.300. The first-order chi connectivity index (χ1) is 11.6. The molecule has 0 radical (unpaired) electrons. The number of aromatic nitrogens is 3. The third-order valence-corrected chi connectivity index (χ3v) is 4.90. The lowest BCUT2D eigenvalue weighted by Gasteiger charge is -2.33. The molecule has 0 aliphatic carbocycles. The van der Waals surface area contributed by atoms with Gasteiger partial charge in [0.05, 0.1) is 11.0 Å². The summed E-state index contributed by atoms with van der Waals surface area (Å²) in [5.74, 6) is 1.63. The van der Waals surface area contributed by atoms with Crippen LogP contribution in [0.4, 0.5) is 15.8 Å². The van der Waals surface area contributed by atoms with E-state index in [0.717, 1.165) is 56.5 Å². The zero-order chi connectivity index (χ0) is 16.7. The maximum atomic E-state index is 13.4. The molecule has 8 heteroatoms. The van der Waals surface area contributed by atoms with Crippen molar-refractivity contribution < 1.29 is 9.31 Å². The van der Waals surface area contributed by atoms with Crippen molar-refractivity contribution in [1.82, 2.24) is 14.8 Å². The number of halogens is 1. The second-order valence-corrected chi connectivity index (χ2v) is 6.40. The minimum Gasteiger partial charge on any atom is -0.365 e. The molecule has 3 heterocycles. The molecule has 2 aromatic rings. The topological polar surface area (TPSA) is 77.1 Å². The van der Waals surface area contributed by atoms with E-state index in [1.807, 2.05) is 4.90 Å². The number of piperidine rings is 1. The van der Waals surface area contributed by atoms with Crippen LogP contribution in [0, 0.1) is 15.9 Å². The molecule has 0 saturated carbocycles. The van der Waals surface area contributed by atoms with E-state index in [4.69, 9.17) is 0 Å². The number of hydrogen-bond donors (Lipinski definition) is 0. The first kappa shape index (κ1) is 15.0. The number of hydrogen-bond acceptors (Lipinski definition) is 5. The van der Waals surface area contributed by atoms with Gasteiger partial charge in [-0.3, -0.25) is 10.1 Å². The fourth-order valence-corrected chi connectivity index (χ4v) is 3.79. The van der Waals surface area contributed by atoms with E-state index in [1.54, 1.807) is 0 Å². The highest BCUT2D eigenvalue weighted by molar-refractivity contribution is 5.63. The third kappa shape index (κ3) is 2.51. The fraction of sp³-hybridized carbons (Fsp3) is 0.500. The Kier molecular flexibility index (Phi) is 3.66. The summed E-state index contributed by atoms with van der Waals surface area (Å²) in [4.78, 5) is 12.7. The van der Waals surface area contributed by atoms with E-state index in [2.05, 4.69) is 14.8 Å². The van der Waals surface area contributed by atoms with Gasteiger partial charge in [-0.1, -0.05) is 0 Å². The van der Waals surface area contributed by atoms with Crippen molar-refractivity contribution in [2.45, 2.75) is 38.1 Å². The number of fused-ring (bicyclic) bond motifs is 1. The van der Waals surface area contributed by atoms with Gasteiger partial charge in [0.2, 0.25) is 0 Å². The molecule has 0 spiro atoms. The predicted octanol–water partition coefficient (Wildman–Crippen LogP) is 2.66. The second-order valence-electron chi connectivity index (χ2n) is 6.40. The van der Waals surface area contributed by atoms with Crippen molar-refractivity contribution >= 4 is 11.4 Å². The Morgan fingerprint density at radius 3 is 2.96 bits per heavy atom. The van der Waals surface area contributed by atoms with E-state index < -0.39 is 10.7 Å². The molecule has 1 unspecified atom stereocenters. The molecule has 1 saturated heterocycles. The second kappa shape index (κ2) is 5.85. The maximum absolute atomic E-state index is 13.4. The zero-order valence-corrected chi connectivity index (χ0v) is 13.2. The molecule has 2 aliphatic rings. The predicted molar refractivity (Wildman–Crippen MR) is 85.6 cm³/mol. The van der Waals surface area contributed by atoms with E-state index in [0.29, 0.717) is 12.2 Å². The Labute approximate surface area is 138 Å². The normalized spacial score (nSPS) is 20.2. The van der Waals surface area contributed by atoms with Gasteiger partial charge in [0.15, 0.2) is 0 Å². The van der Waals surface area contributed by atoms with Crippen LogP contribution in [-0.2, 0) is 13.0 Å². The summed E-state index contributed by atoms with van der Waals surface area (Å²) < 4.78 is 15.6. The maximum Gasteiger partial charge on any atom is 0.295 e. The summed E-state index contributed by atoms with van der Waals surface area (Å²) in [6.07, 6.45) is 3.97. The Bertz CT molecular complexity index is 791. The molecule has 7 nitrogen and oxygen atoms in total. The summed E-state index contributed by atoms with van der Waals surface area (Å²) >= 11 is 0. The number of anilines is 1. The van der Waals surface area contributed by atoms with Crippen LogP contribution in [0.2, 0.25) is 0 Å². The van der Waals surface area contributed by atoms with E-state index in [9.17, 15) is 14.5 Å². The van der Waals surface area contributed by atoms with Crippen LogP contribution in [0.15, 0.2) is 18.2 Å². The minimum absolute atomic E-state index is 0.179. The van der Waals surface area contributed by atoms with Crippen molar-refractivity contribution in [3.8, 4) is 0 Å². The molecule has 0 amide bonds. The van der Waals surface area contributed by atoms with Gasteiger partial charge in [-0.2, -0.15) is 0 Å². The van der Waals surface area contributed by atoms with Crippen LogP contribution < -0.4 is 4.90 Å². The lowest BCUT2D eigenvalue weighted by molar-refractivity contribution is -0.384. The summed E-state index contributed by atoms with van der Waals surface area (Å²) in [6, 6.07) is 3.78. The van der Waals surface area contributed by atoms with Gasteiger partial charge in [0.1, 0.15) is 23.2 Å². The number of nitro benzene ring substituents is 1. The quantitative estimate of drug-likeness (QED) is 0.638. The van der Waals surface area contributed by atoms with Crippen LogP contribution in [0.3, 0.4) is 0 Å². The first-order valence-electron chi connectivity index (χ1n) is 8.24. The molecule has 1 aromatic carbocycles. The number of rotatable bonds is 3. The average molecular weight is 331 g/mol. The molecule has 2 aliphatic heterocycles. The summed E-state index contributed by atoms with van der Waals surface area (Å²) in [7, 11) is 0. The van der Waals surface area contributed by atoms with Gasteiger partial charge < -0.3 is 9.47 Å². The highest BCUT2D eigenvalue weighted by Gasteiger charge is 2.30. The Morgan fingerprint density at radius 2 is 2.12 bits per heavy atom. The first-order valence-corrected chi connectivity index (χ1v) is 8.24. The van der Waals surface area contributed by atoms with Crippen LogP contribution in [-0.4, -0.2) is 32.8 Å². The van der Waals surface area contributed by atoms with Crippen LogP contribution in [0.25, 0.3) is 0 Å². The highest BCUT2D eigenvalue weighted by Crippen LogP contribution is 2.35. The van der Waals surface area contributed by atoms with Gasteiger partial charge in [-0.15, -0.1) is 10.2 Å². The largest absolute Gasteiger partial charge is 0.365 e. The average Bonchev–Trinajstić information content (AvgIpc) is 3.18. The zero-order valence-electron chi connectivity index (χ0n) is 13.2. The van der Waals surface area contributed by atoms with Crippen molar-refractivity contribution in [1.29, 1.82) is 0 Å². The van der Waals surface area contributed by atoms with Crippen molar-refractivity contribution in [2.75, 3.05) is 18.0 Å². The van der Waals surface area contributed by atoms with Gasteiger partial charge in [0, 0.05) is 32.0 Å². The fourth-order valence-electron chi connectivity index (χ4n) is 3.79. The molecule has 24 heavy (non-hydrogen) atoms. The van der Waals surface area contributed by atoms with Crippen LogP contribution >= 0.6 is 0 Å². The number of benzene rings is 1. The molecular weight excluding hydrogens is 313 g/mol. The van der Waals surface area contributed by atoms with Gasteiger partial charge in [0.25, 0.3) is 5.69 Å². The van der Waals surface area contributed by atoms with Crippen LogP contribution in [0.5, 0.6) is 0 Å². The molecule has 0 bridgehead atoms. The number of nitro groups is 1. The van der Waals surface area contributed by atoms with Gasteiger partial charge in [-0.05, 0) is 31.4 Å². The monoisotopic (exact) mass is 331 g/mol. The number of aryl methyl sites for hydroxylation is 1. The lowest BCUT2D eigenvalue weighted by Crippen LogP contribution is -2.35. The van der Waals surface area contributed by atoms with Gasteiger partial charge in [-0.25, -0.2) is 4.39 Å². The van der Waals surface area contributed by atoms with Crippen molar-refractivity contribution in [3.63, 3.8) is 0 Å². The smallest absolute Gasteiger partial charge is 0.295 e. The molecule has 1 aromatic heterocycles. The third-order valence-electron chi connectivity index (χ3n) is 4.90. The molecule has 0 N–H and O–H groups in total. The highest BCUT2D eigenvalue weighted by atomic mass is 19.1. The van der Waals surface area contributed by atoms with Gasteiger partial charge >= 0.3 is 0 Å². The van der Waals surface area contributed by atoms with E-state index in [-0.39, 0.29) is 11.6 Å². The van der Waals surface area contributed by atoms with Crippen LogP contribution in [0.1, 0.15) is 36.8 Å². The summed E-state index contributed by atoms with van der Waals surface area (Å²) in [6.45, 7) is 2.32. The SMILES string of the molecule is O=[N+]([O-])c1cc(F)ccc1N1CCCC(c2nnc3n2CCC3)C1. The molecule has 1 fully saturated rings. The lowest BCUT2D eigenvalue weighted by atomic mass is 9.96. The molecule has 4 rings (SSSR count). The standard InChI is InChI=1S/C16H18FN5O2/c17-12-5-6-13(14(9-12)22(23)24)20-7-1-3-11(10-20)16-19-18-15-4-2-8-21(15)16/h5-6,9,11H,1-4,7-8,10H2. The molecule has 126 valence electrons. The van der Waals surface area contributed by atoms with E-state index >= 15 is 0 Å². The summed E-state index contributed by atoms with van der Waals surface area (Å²) in [5, 5.41) is 19.9. The van der Waals surface area contributed by atoms with Crippen molar-refractivity contribution in [3.05, 3.63) is 45.8 Å². The Balaban J connectivity index is 1.63. The van der Waals surface area contributed by atoms with Crippen molar-refractivity contribution in [2.24, 2.45) is 0 Å². The Hall–Kier alpha value is -2.51. The molecule has 1 atom stereocenters. The Morgan fingerprint density at radius 1 is 1.25 bits per heavy atom.